The van der Waals surface area contributed by atoms with Crippen molar-refractivity contribution >= 4 is 21.6 Å². The van der Waals surface area contributed by atoms with Crippen molar-refractivity contribution in [3.05, 3.63) is 95.3 Å². The van der Waals surface area contributed by atoms with Gasteiger partial charge < -0.3 is 9.64 Å². The van der Waals surface area contributed by atoms with Crippen molar-refractivity contribution in [3.8, 4) is 5.75 Å². The van der Waals surface area contributed by atoms with Gasteiger partial charge in [0, 0.05) is 35.8 Å². The summed E-state index contributed by atoms with van der Waals surface area (Å²) in [5.74, 6) is -0.148. The lowest BCUT2D eigenvalue weighted by molar-refractivity contribution is -0.119. The van der Waals surface area contributed by atoms with Gasteiger partial charge in [-0.2, -0.15) is 4.31 Å². The lowest BCUT2D eigenvalue weighted by Crippen LogP contribution is -2.33. The Labute approximate surface area is 205 Å². The molecule has 182 valence electrons. The number of nitrogens with zero attached hydrogens (tertiary/aromatic N) is 2. The normalized spacial score (nSPS) is 16.1. The van der Waals surface area contributed by atoms with E-state index in [1.165, 1.54) is 22.5 Å². The van der Waals surface area contributed by atoms with Gasteiger partial charge in [-0.15, -0.1) is 0 Å². The number of hydrogen-bond donors (Lipinski definition) is 0. The third-order valence-electron chi connectivity index (χ3n) is 6.36. The molecule has 1 aliphatic heterocycles. The number of sulfonamides is 1. The van der Waals surface area contributed by atoms with Crippen LogP contribution in [-0.2, 0) is 33.7 Å². The molecule has 0 N–H and O–H groups in total. The van der Waals surface area contributed by atoms with E-state index in [0.717, 1.165) is 29.7 Å². The molecule has 1 heterocycles. The van der Waals surface area contributed by atoms with Gasteiger partial charge in [0.2, 0.25) is 15.9 Å². The lowest BCUT2D eigenvalue weighted by atomic mass is 10.1. The van der Waals surface area contributed by atoms with Gasteiger partial charge in [0.1, 0.15) is 18.2 Å². The second-order valence-corrected chi connectivity index (χ2v) is 11.0. The van der Waals surface area contributed by atoms with Gasteiger partial charge in [-0.25, -0.2) is 12.8 Å². The molecule has 2 aliphatic rings. The first-order valence-electron chi connectivity index (χ1n) is 11.7. The van der Waals surface area contributed by atoms with Crippen LogP contribution in [0.3, 0.4) is 0 Å². The van der Waals surface area contributed by atoms with Crippen LogP contribution in [0, 0.1) is 11.7 Å². The number of ether oxygens (including phenoxy) is 1. The van der Waals surface area contributed by atoms with E-state index in [2.05, 4.69) is 0 Å². The Morgan fingerprint density at radius 1 is 1.03 bits per heavy atom. The number of carbonyl (C=O) groups excluding carboxylic acids is 1. The standard InChI is InChI=1S/C27H27FN2O4S/c28-25-9-5-4-6-22(25)19-35(32,33)29-14-15-34-26-13-10-20(16-23(26)18-29)17-30(27(31)21-11-12-21)24-7-2-1-3-8-24/h1-10,13,16,21H,11-12,14-15,17-19H2. The fourth-order valence-corrected chi connectivity index (χ4v) is 5.80. The Morgan fingerprint density at radius 2 is 1.77 bits per heavy atom. The van der Waals surface area contributed by atoms with Crippen LogP contribution in [-0.4, -0.2) is 31.8 Å². The van der Waals surface area contributed by atoms with Crippen LogP contribution in [0.2, 0.25) is 0 Å². The molecule has 0 radical (unpaired) electrons. The fourth-order valence-electron chi connectivity index (χ4n) is 4.30. The second-order valence-electron chi connectivity index (χ2n) is 9.01. The van der Waals surface area contributed by atoms with Crippen LogP contribution in [0.5, 0.6) is 5.75 Å². The highest BCUT2D eigenvalue weighted by atomic mass is 32.2. The highest BCUT2D eigenvalue weighted by Gasteiger charge is 2.34. The molecule has 1 amide bonds. The number of anilines is 1. The number of benzene rings is 3. The predicted molar refractivity (Wildman–Crippen MR) is 132 cm³/mol. The molecule has 5 rings (SSSR count). The van der Waals surface area contributed by atoms with E-state index in [1.54, 1.807) is 11.0 Å². The highest BCUT2D eigenvalue weighted by molar-refractivity contribution is 7.88. The van der Waals surface area contributed by atoms with Gasteiger partial charge in [-0.05, 0) is 48.7 Å². The zero-order valence-corrected chi connectivity index (χ0v) is 20.1. The third kappa shape index (κ3) is 5.39. The number of para-hydroxylation sites is 1. The second kappa shape index (κ2) is 9.79. The summed E-state index contributed by atoms with van der Waals surface area (Å²) in [6.45, 7) is 0.896. The first kappa shape index (κ1) is 23.5. The van der Waals surface area contributed by atoms with Crippen molar-refractivity contribution in [2.24, 2.45) is 5.92 Å². The summed E-state index contributed by atoms with van der Waals surface area (Å²) >= 11 is 0. The summed E-state index contributed by atoms with van der Waals surface area (Å²) < 4.78 is 47.6. The third-order valence-corrected chi connectivity index (χ3v) is 8.13. The topological polar surface area (TPSA) is 66.9 Å². The van der Waals surface area contributed by atoms with Crippen molar-refractivity contribution < 1.29 is 22.3 Å². The van der Waals surface area contributed by atoms with E-state index < -0.39 is 21.6 Å². The summed E-state index contributed by atoms with van der Waals surface area (Å²) in [6, 6.07) is 21.1. The largest absolute Gasteiger partial charge is 0.492 e. The first-order valence-corrected chi connectivity index (χ1v) is 13.3. The minimum Gasteiger partial charge on any atom is -0.492 e. The summed E-state index contributed by atoms with van der Waals surface area (Å²) in [6.07, 6.45) is 1.82. The van der Waals surface area contributed by atoms with Crippen molar-refractivity contribution in [3.63, 3.8) is 0 Å². The van der Waals surface area contributed by atoms with E-state index in [0.29, 0.717) is 12.3 Å². The van der Waals surface area contributed by atoms with E-state index in [-0.39, 0.29) is 37.1 Å². The Morgan fingerprint density at radius 3 is 2.51 bits per heavy atom. The number of carbonyl (C=O) groups is 1. The number of rotatable bonds is 7. The van der Waals surface area contributed by atoms with Crippen molar-refractivity contribution in [2.75, 3.05) is 18.1 Å². The molecule has 1 saturated carbocycles. The van der Waals surface area contributed by atoms with Gasteiger partial charge in [-0.1, -0.05) is 42.5 Å². The number of amides is 1. The summed E-state index contributed by atoms with van der Waals surface area (Å²) in [7, 11) is -3.77. The average molecular weight is 495 g/mol. The summed E-state index contributed by atoms with van der Waals surface area (Å²) in [4.78, 5) is 14.8. The summed E-state index contributed by atoms with van der Waals surface area (Å²) in [5.41, 5.74) is 2.59. The van der Waals surface area contributed by atoms with Crippen LogP contribution < -0.4 is 9.64 Å². The monoisotopic (exact) mass is 494 g/mol. The lowest BCUT2D eigenvalue weighted by Gasteiger charge is -2.24. The zero-order chi connectivity index (χ0) is 24.4. The van der Waals surface area contributed by atoms with E-state index in [4.69, 9.17) is 4.74 Å². The minimum atomic E-state index is -3.77. The molecule has 0 saturated heterocycles. The Hall–Kier alpha value is -3.23. The van der Waals surface area contributed by atoms with Gasteiger partial charge >= 0.3 is 0 Å². The zero-order valence-electron chi connectivity index (χ0n) is 19.3. The van der Waals surface area contributed by atoms with Crippen molar-refractivity contribution in [1.29, 1.82) is 0 Å². The van der Waals surface area contributed by atoms with Crippen molar-refractivity contribution in [2.45, 2.75) is 31.7 Å². The average Bonchev–Trinajstić information content (AvgIpc) is 3.71. The predicted octanol–water partition coefficient (Wildman–Crippen LogP) is 4.49. The summed E-state index contributed by atoms with van der Waals surface area (Å²) in [5, 5.41) is 0. The van der Waals surface area contributed by atoms with Gasteiger partial charge in [0.25, 0.3) is 0 Å². The molecule has 8 heteroatoms. The molecule has 0 spiro atoms. The van der Waals surface area contributed by atoms with E-state index >= 15 is 0 Å². The first-order chi connectivity index (χ1) is 16.9. The fraction of sp³-hybridized carbons (Fsp3) is 0.296. The Kier molecular flexibility index (Phi) is 6.58. The molecular weight excluding hydrogens is 467 g/mol. The molecule has 0 unspecified atom stereocenters. The quantitative estimate of drug-likeness (QED) is 0.485. The SMILES string of the molecule is O=C(C1CC1)N(Cc1ccc2c(c1)CN(S(=O)(=O)Cc1ccccc1F)CCO2)c1ccccc1. The van der Waals surface area contributed by atoms with Crippen LogP contribution in [0.1, 0.15) is 29.5 Å². The molecule has 1 fully saturated rings. The maximum Gasteiger partial charge on any atom is 0.230 e. The van der Waals surface area contributed by atoms with E-state index in [1.807, 2.05) is 48.5 Å². The molecule has 35 heavy (non-hydrogen) atoms. The Balaban J connectivity index is 1.38. The molecule has 1 aliphatic carbocycles. The van der Waals surface area contributed by atoms with Crippen LogP contribution in [0.15, 0.2) is 72.8 Å². The number of fused-ring (bicyclic) bond motifs is 1. The van der Waals surface area contributed by atoms with Gasteiger partial charge in [-0.3, -0.25) is 4.79 Å². The molecule has 0 bridgehead atoms. The molecule has 3 aromatic rings. The van der Waals surface area contributed by atoms with Crippen LogP contribution in [0.25, 0.3) is 0 Å². The maximum absolute atomic E-state index is 14.1. The van der Waals surface area contributed by atoms with Gasteiger partial charge in [0.05, 0.1) is 12.3 Å². The molecule has 0 aromatic heterocycles. The molecule has 6 nitrogen and oxygen atoms in total. The smallest absolute Gasteiger partial charge is 0.230 e. The number of halogens is 1. The van der Waals surface area contributed by atoms with E-state index in [9.17, 15) is 17.6 Å². The number of hydrogen-bond acceptors (Lipinski definition) is 4. The molecule has 0 atom stereocenters. The van der Waals surface area contributed by atoms with Crippen molar-refractivity contribution in [1.82, 2.24) is 4.31 Å². The van der Waals surface area contributed by atoms with Crippen LogP contribution in [0.4, 0.5) is 10.1 Å². The van der Waals surface area contributed by atoms with Gasteiger partial charge in [0.15, 0.2) is 0 Å². The molecular formula is C27H27FN2O4S. The minimum absolute atomic E-state index is 0.0679. The Bertz CT molecular complexity index is 1330. The highest BCUT2D eigenvalue weighted by Crippen LogP contribution is 2.34. The maximum atomic E-state index is 14.1. The molecule has 3 aromatic carbocycles. The van der Waals surface area contributed by atoms with Crippen LogP contribution >= 0.6 is 0 Å².